The first-order valence-electron chi connectivity index (χ1n) is 7.82. The van der Waals surface area contributed by atoms with E-state index in [0.717, 1.165) is 37.2 Å². The van der Waals surface area contributed by atoms with Crippen molar-refractivity contribution in [1.82, 2.24) is 10.1 Å². The van der Waals surface area contributed by atoms with Crippen LogP contribution in [0.2, 0.25) is 0 Å². The molecule has 4 nitrogen and oxygen atoms in total. The van der Waals surface area contributed by atoms with E-state index < -0.39 is 23.1 Å². The van der Waals surface area contributed by atoms with Gasteiger partial charge < -0.3 is 9.42 Å². The lowest BCUT2D eigenvalue weighted by molar-refractivity contribution is 0.0721. The Hall–Kier alpha value is -2.24. The van der Waals surface area contributed by atoms with Crippen LogP contribution in [0.1, 0.15) is 54.0 Å². The number of nitrogens with zero attached hydrogens (tertiary/aromatic N) is 2. The summed E-state index contributed by atoms with van der Waals surface area (Å²) in [6.45, 7) is 2.49. The summed E-state index contributed by atoms with van der Waals surface area (Å²) < 4.78 is 33.0. The van der Waals surface area contributed by atoms with Crippen molar-refractivity contribution in [3.8, 4) is 0 Å². The van der Waals surface area contributed by atoms with Crippen LogP contribution in [0.5, 0.6) is 0 Å². The molecule has 0 saturated carbocycles. The van der Waals surface area contributed by atoms with Gasteiger partial charge in [0.05, 0.1) is 6.04 Å². The van der Waals surface area contributed by atoms with Crippen molar-refractivity contribution in [2.24, 2.45) is 0 Å². The van der Waals surface area contributed by atoms with Gasteiger partial charge in [-0.3, -0.25) is 4.79 Å². The first-order valence-corrected chi connectivity index (χ1v) is 7.82. The minimum Gasteiger partial charge on any atom is -0.361 e. The molecule has 0 spiro atoms. The van der Waals surface area contributed by atoms with E-state index >= 15 is 0 Å². The second-order valence-corrected chi connectivity index (χ2v) is 5.72. The molecule has 2 heterocycles. The molecule has 1 atom stereocenters. The number of likely N-dealkylation sites (tertiary alicyclic amines) is 1. The molecule has 1 fully saturated rings. The Morgan fingerprint density at radius 1 is 1.39 bits per heavy atom. The summed E-state index contributed by atoms with van der Waals surface area (Å²) in [4.78, 5) is 14.1. The number of carbonyl (C=O) groups is 1. The summed E-state index contributed by atoms with van der Waals surface area (Å²) in [6, 6.07) is 4.97. The number of hydrogen-bond acceptors (Lipinski definition) is 3. The van der Waals surface area contributed by atoms with Crippen molar-refractivity contribution in [3.63, 3.8) is 0 Å². The van der Waals surface area contributed by atoms with Crippen LogP contribution in [0.4, 0.5) is 8.78 Å². The molecule has 1 unspecified atom stereocenters. The average molecular weight is 320 g/mol. The highest BCUT2D eigenvalue weighted by atomic mass is 19.1. The normalized spacial score (nSPS) is 17.7. The first-order chi connectivity index (χ1) is 11.1. The summed E-state index contributed by atoms with van der Waals surface area (Å²) in [5.41, 5.74) is 0.146. The zero-order valence-electron chi connectivity index (χ0n) is 12.9. The summed E-state index contributed by atoms with van der Waals surface area (Å²) in [5.74, 6) is -1.55. The minimum absolute atomic E-state index is 0.295. The zero-order chi connectivity index (χ0) is 16.4. The van der Waals surface area contributed by atoms with Crippen LogP contribution >= 0.6 is 0 Å². The van der Waals surface area contributed by atoms with Gasteiger partial charge in [0.25, 0.3) is 5.91 Å². The molecular weight excluding hydrogens is 302 g/mol. The minimum atomic E-state index is -0.840. The summed E-state index contributed by atoms with van der Waals surface area (Å²) in [6.07, 6.45) is 3.18. The topological polar surface area (TPSA) is 46.3 Å². The van der Waals surface area contributed by atoms with Crippen LogP contribution in [0, 0.1) is 11.6 Å². The monoisotopic (exact) mass is 320 g/mol. The van der Waals surface area contributed by atoms with E-state index in [2.05, 4.69) is 5.16 Å². The molecule has 0 radical (unpaired) electrons. The third kappa shape index (κ3) is 2.98. The molecule has 2 aromatic rings. The van der Waals surface area contributed by atoms with Gasteiger partial charge in [-0.25, -0.2) is 8.78 Å². The van der Waals surface area contributed by atoms with Gasteiger partial charge in [-0.15, -0.1) is 0 Å². The van der Waals surface area contributed by atoms with Gasteiger partial charge >= 0.3 is 0 Å². The average Bonchev–Trinajstić information content (AvgIpc) is 3.15. The maximum Gasteiger partial charge on any atom is 0.260 e. The predicted octanol–water partition coefficient (Wildman–Crippen LogP) is 3.88. The lowest BCUT2D eigenvalue weighted by Gasteiger charge is -2.23. The van der Waals surface area contributed by atoms with E-state index in [1.165, 1.54) is 11.0 Å². The Kier molecular flexibility index (Phi) is 4.41. The molecule has 3 rings (SSSR count). The number of hydrogen-bond donors (Lipinski definition) is 0. The van der Waals surface area contributed by atoms with Gasteiger partial charge in [0.1, 0.15) is 28.7 Å². The molecule has 1 aliphatic rings. The molecule has 1 aromatic heterocycles. The van der Waals surface area contributed by atoms with E-state index in [1.807, 2.05) is 13.0 Å². The molecule has 6 heteroatoms. The van der Waals surface area contributed by atoms with Crippen molar-refractivity contribution >= 4 is 5.91 Å². The van der Waals surface area contributed by atoms with Crippen molar-refractivity contribution < 1.29 is 18.1 Å². The van der Waals surface area contributed by atoms with Crippen LogP contribution in [0.25, 0.3) is 0 Å². The fourth-order valence-electron chi connectivity index (χ4n) is 3.01. The van der Waals surface area contributed by atoms with Crippen LogP contribution in [-0.2, 0) is 6.42 Å². The third-order valence-electron chi connectivity index (χ3n) is 4.11. The molecule has 1 aliphatic heterocycles. The first kappa shape index (κ1) is 15.6. The quantitative estimate of drug-likeness (QED) is 0.859. The van der Waals surface area contributed by atoms with E-state index in [9.17, 15) is 13.6 Å². The highest BCUT2D eigenvalue weighted by molar-refractivity contribution is 5.95. The highest BCUT2D eigenvalue weighted by Gasteiger charge is 2.34. The third-order valence-corrected chi connectivity index (χ3v) is 4.11. The maximum absolute atomic E-state index is 13.9. The van der Waals surface area contributed by atoms with Crippen molar-refractivity contribution in [2.45, 2.75) is 38.6 Å². The predicted molar refractivity (Wildman–Crippen MR) is 79.9 cm³/mol. The number of halogens is 2. The fourth-order valence-corrected chi connectivity index (χ4v) is 3.01. The van der Waals surface area contributed by atoms with Crippen molar-refractivity contribution in [3.05, 3.63) is 52.9 Å². The molecule has 1 amide bonds. The summed E-state index contributed by atoms with van der Waals surface area (Å²) >= 11 is 0. The Bertz CT molecular complexity index is 694. The Morgan fingerprint density at radius 2 is 2.13 bits per heavy atom. The number of amides is 1. The van der Waals surface area contributed by atoms with E-state index in [-0.39, 0.29) is 6.04 Å². The number of rotatable bonds is 4. The van der Waals surface area contributed by atoms with E-state index in [0.29, 0.717) is 18.7 Å². The van der Waals surface area contributed by atoms with Crippen LogP contribution in [0.3, 0.4) is 0 Å². The molecule has 0 aliphatic carbocycles. The van der Waals surface area contributed by atoms with Gasteiger partial charge in [0.2, 0.25) is 0 Å². The SMILES string of the molecule is CCCc1cc(C2CCCN2C(=O)c2c(F)cccc2F)no1. The van der Waals surface area contributed by atoms with E-state index in [1.54, 1.807) is 0 Å². The molecule has 122 valence electrons. The highest BCUT2D eigenvalue weighted by Crippen LogP contribution is 2.33. The molecule has 0 bridgehead atoms. The largest absolute Gasteiger partial charge is 0.361 e. The van der Waals surface area contributed by atoms with Crippen molar-refractivity contribution in [1.29, 1.82) is 0 Å². The number of aryl methyl sites for hydroxylation is 1. The number of benzene rings is 1. The van der Waals surface area contributed by atoms with Crippen LogP contribution < -0.4 is 0 Å². The van der Waals surface area contributed by atoms with Gasteiger partial charge in [0, 0.05) is 19.0 Å². The smallest absolute Gasteiger partial charge is 0.260 e. The molecule has 23 heavy (non-hydrogen) atoms. The number of carbonyl (C=O) groups excluding carboxylic acids is 1. The summed E-state index contributed by atoms with van der Waals surface area (Å²) in [5, 5.41) is 4.03. The maximum atomic E-state index is 13.9. The van der Waals surface area contributed by atoms with Gasteiger partial charge in [0.15, 0.2) is 0 Å². The Labute approximate surface area is 133 Å². The van der Waals surface area contributed by atoms with Gasteiger partial charge in [-0.2, -0.15) is 0 Å². The summed E-state index contributed by atoms with van der Waals surface area (Å²) in [7, 11) is 0. The van der Waals surface area contributed by atoms with E-state index in [4.69, 9.17) is 4.52 Å². The Balaban J connectivity index is 1.87. The lowest BCUT2D eigenvalue weighted by Crippen LogP contribution is -2.32. The van der Waals surface area contributed by atoms with Crippen LogP contribution in [-0.4, -0.2) is 22.5 Å². The second kappa shape index (κ2) is 6.48. The lowest BCUT2D eigenvalue weighted by atomic mass is 10.1. The second-order valence-electron chi connectivity index (χ2n) is 5.72. The van der Waals surface area contributed by atoms with Gasteiger partial charge in [-0.1, -0.05) is 18.1 Å². The standard InChI is InChI=1S/C17H18F2N2O2/c1-2-5-11-10-14(20-23-11)15-8-4-9-21(15)17(22)16-12(18)6-3-7-13(16)19/h3,6-7,10,15H,2,4-5,8-9H2,1H3. The van der Waals surface area contributed by atoms with Crippen molar-refractivity contribution in [2.75, 3.05) is 6.54 Å². The van der Waals surface area contributed by atoms with Crippen LogP contribution in [0.15, 0.2) is 28.8 Å². The number of aromatic nitrogens is 1. The molecule has 1 saturated heterocycles. The molecule has 0 N–H and O–H groups in total. The van der Waals surface area contributed by atoms with Gasteiger partial charge in [-0.05, 0) is 31.4 Å². The zero-order valence-corrected chi connectivity index (χ0v) is 12.9. The fraction of sp³-hybridized carbons (Fsp3) is 0.412. The Morgan fingerprint density at radius 3 is 2.83 bits per heavy atom. The molecular formula is C17H18F2N2O2. The molecule has 1 aromatic carbocycles.